The molecule has 1 N–H and O–H groups in total. The fourth-order valence-corrected chi connectivity index (χ4v) is 2.05. The molecule has 1 amide bonds. The molecule has 0 aliphatic carbocycles. The van der Waals surface area contributed by atoms with Gasteiger partial charge in [-0.1, -0.05) is 0 Å². The second kappa shape index (κ2) is 5.39. The van der Waals surface area contributed by atoms with Crippen LogP contribution in [0.1, 0.15) is 12.5 Å². The van der Waals surface area contributed by atoms with Gasteiger partial charge < -0.3 is 4.74 Å². The second-order valence-electron chi connectivity index (χ2n) is 4.57. The molecule has 0 atom stereocenters. The molecular formula is C13H16N4O4. The number of fused-ring (bicyclic) bond motifs is 1. The normalized spacial score (nSPS) is 10.7. The van der Waals surface area contributed by atoms with Crippen LogP contribution in [0.4, 0.5) is 10.5 Å². The van der Waals surface area contributed by atoms with Gasteiger partial charge >= 0.3 is 11.8 Å². The maximum Gasteiger partial charge on any atom is 0.411 e. The molecule has 0 radical (unpaired) electrons. The van der Waals surface area contributed by atoms with Gasteiger partial charge in [0.15, 0.2) is 5.65 Å². The van der Waals surface area contributed by atoms with E-state index in [9.17, 15) is 14.4 Å². The van der Waals surface area contributed by atoms with Crippen molar-refractivity contribution in [2.24, 2.45) is 14.1 Å². The van der Waals surface area contributed by atoms with Crippen molar-refractivity contribution in [1.82, 2.24) is 14.1 Å². The van der Waals surface area contributed by atoms with Crippen LogP contribution in [0.25, 0.3) is 11.0 Å². The predicted molar refractivity (Wildman–Crippen MR) is 77.6 cm³/mol. The van der Waals surface area contributed by atoms with Gasteiger partial charge in [0.25, 0.3) is 5.56 Å². The molecule has 0 bridgehead atoms. The van der Waals surface area contributed by atoms with E-state index in [1.807, 2.05) is 0 Å². The first kappa shape index (κ1) is 14.8. The van der Waals surface area contributed by atoms with E-state index in [1.165, 1.54) is 24.9 Å². The molecule has 0 saturated carbocycles. The summed E-state index contributed by atoms with van der Waals surface area (Å²) < 4.78 is 7.05. The Hall–Kier alpha value is -2.64. The molecule has 21 heavy (non-hydrogen) atoms. The zero-order valence-corrected chi connectivity index (χ0v) is 12.3. The van der Waals surface area contributed by atoms with Gasteiger partial charge in [-0.2, -0.15) is 0 Å². The van der Waals surface area contributed by atoms with E-state index in [0.717, 1.165) is 4.57 Å². The zero-order valence-electron chi connectivity index (χ0n) is 12.3. The lowest BCUT2D eigenvalue weighted by atomic mass is 10.2. The van der Waals surface area contributed by atoms with Gasteiger partial charge in [-0.25, -0.2) is 14.6 Å². The summed E-state index contributed by atoms with van der Waals surface area (Å²) in [7, 11) is 2.89. The highest BCUT2D eigenvalue weighted by atomic mass is 16.5. The second-order valence-corrected chi connectivity index (χ2v) is 4.57. The predicted octanol–water partition coefficient (Wildman–Crippen LogP) is 0.509. The van der Waals surface area contributed by atoms with Crippen molar-refractivity contribution in [3.05, 3.63) is 32.6 Å². The largest absolute Gasteiger partial charge is 0.450 e. The van der Waals surface area contributed by atoms with Crippen LogP contribution in [0.3, 0.4) is 0 Å². The molecular weight excluding hydrogens is 276 g/mol. The Labute approximate surface area is 120 Å². The third-order valence-corrected chi connectivity index (χ3v) is 3.16. The summed E-state index contributed by atoms with van der Waals surface area (Å²) in [6.07, 6.45) is 0.826. The Bertz CT molecular complexity index is 835. The van der Waals surface area contributed by atoms with E-state index in [1.54, 1.807) is 13.8 Å². The van der Waals surface area contributed by atoms with Crippen LogP contribution in [-0.4, -0.2) is 26.8 Å². The van der Waals surface area contributed by atoms with Crippen molar-refractivity contribution in [2.45, 2.75) is 13.8 Å². The molecule has 0 aliphatic heterocycles. The number of aromatic nitrogens is 3. The standard InChI is InChI=1S/C13H16N4O4/c1-5-21-12(19)15-9-7(2)6-14-10-8(9)11(18)17(4)13(20)16(10)3/h6H,5H2,1-4H3,(H,14,15,19). The lowest BCUT2D eigenvalue weighted by Gasteiger charge is -2.13. The van der Waals surface area contributed by atoms with Crippen LogP contribution in [0.2, 0.25) is 0 Å². The number of nitrogens with zero attached hydrogens (tertiary/aromatic N) is 3. The molecule has 8 heteroatoms. The van der Waals surface area contributed by atoms with Gasteiger partial charge in [0, 0.05) is 20.3 Å². The number of carbonyl (C=O) groups is 1. The number of nitrogens with one attached hydrogen (secondary N) is 1. The van der Waals surface area contributed by atoms with Crippen LogP contribution in [-0.2, 0) is 18.8 Å². The zero-order chi connectivity index (χ0) is 15.7. The van der Waals surface area contributed by atoms with E-state index < -0.39 is 17.3 Å². The van der Waals surface area contributed by atoms with Crippen molar-refractivity contribution in [1.29, 1.82) is 0 Å². The first-order valence-electron chi connectivity index (χ1n) is 6.37. The van der Waals surface area contributed by atoms with E-state index in [4.69, 9.17) is 4.74 Å². The molecule has 2 aromatic rings. The molecule has 0 aromatic carbocycles. The third kappa shape index (κ3) is 2.39. The summed E-state index contributed by atoms with van der Waals surface area (Å²) in [5, 5.41) is 2.71. The molecule has 0 saturated heterocycles. The third-order valence-electron chi connectivity index (χ3n) is 3.16. The fraction of sp³-hybridized carbons (Fsp3) is 0.385. The minimum Gasteiger partial charge on any atom is -0.450 e. The molecule has 0 unspecified atom stereocenters. The Morgan fingerprint density at radius 2 is 2.00 bits per heavy atom. The minimum atomic E-state index is -0.663. The molecule has 0 spiro atoms. The van der Waals surface area contributed by atoms with Crippen LogP contribution in [0.15, 0.2) is 15.8 Å². The Morgan fingerprint density at radius 1 is 1.33 bits per heavy atom. The van der Waals surface area contributed by atoms with Crippen molar-refractivity contribution in [2.75, 3.05) is 11.9 Å². The van der Waals surface area contributed by atoms with E-state index >= 15 is 0 Å². The maximum absolute atomic E-state index is 12.3. The summed E-state index contributed by atoms with van der Waals surface area (Å²) in [6.45, 7) is 3.60. The Morgan fingerprint density at radius 3 is 2.62 bits per heavy atom. The number of anilines is 1. The molecule has 112 valence electrons. The highest BCUT2D eigenvalue weighted by Gasteiger charge is 2.17. The number of ether oxygens (including phenoxy) is 1. The van der Waals surface area contributed by atoms with Gasteiger partial charge in [0.2, 0.25) is 0 Å². The lowest BCUT2D eigenvalue weighted by Crippen LogP contribution is -2.37. The number of amides is 1. The first-order valence-corrected chi connectivity index (χ1v) is 6.37. The number of hydrogen-bond acceptors (Lipinski definition) is 5. The number of aryl methyl sites for hydroxylation is 2. The summed E-state index contributed by atoms with van der Waals surface area (Å²) in [5.41, 5.74) is 0.114. The SMILES string of the molecule is CCOC(=O)Nc1c(C)cnc2c1c(=O)n(C)c(=O)n2C. The average molecular weight is 292 g/mol. The van der Waals surface area contributed by atoms with Crippen molar-refractivity contribution >= 4 is 22.8 Å². The average Bonchev–Trinajstić information content (AvgIpc) is 2.45. The topological polar surface area (TPSA) is 95.2 Å². The first-order chi connectivity index (χ1) is 9.88. The van der Waals surface area contributed by atoms with Gasteiger partial charge in [-0.05, 0) is 19.4 Å². The van der Waals surface area contributed by atoms with Crippen LogP contribution in [0.5, 0.6) is 0 Å². The summed E-state index contributed by atoms with van der Waals surface area (Å²) >= 11 is 0. The molecule has 0 aliphatic rings. The maximum atomic E-state index is 12.3. The number of pyridine rings is 1. The van der Waals surface area contributed by atoms with Gasteiger partial charge in [0.1, 0.15) is 5.39 Å². The Kier molecular flexibility index (Phi) is 3.79. The highest BCUT2D eigenvalue weighted by molar-refractivity contribution is 5.98. The molecule has 2 heterocycles. The summed E-state index contributed by atoms with van der Waals surface area (Å²) in [6, 6.07) is 0. The van der Waals surface area contributed by atoms with Crippen molar-refractivity contribution in [3.63, 3.8) is 0 Å². The smallest absolute Gasteiger partial charge is 0.411 e. The van der Waals surface area contributed by atoms with E-state index in [-0.39, 0.29) is 17.6 Å². The van der Waals surface area contributed by atoms with E-state index in [0.29, 0.717) is 11.3 Å². The highest BCUT2D eigenvalue weighted by Crippen LogP contribution is 2.21. The van der Waals surface area contributed by atoms with Crippen molar-refractivity contribution < 1.29 is 9.53 Å². The molecule has 0 fully saturated rings. The summed E-state index contributed by atoms with van der Waals surface area (Å²) in [5.74, 6) is 0. The minimum absolute atomic E-state index is 0.174. The monoisotopic (exact) mass is 292 g/mol. The van der Waals surface area contributed by atoms with E-state index in [2.05, 4.69) is 10.3 Å². The van der Waals surface area contributed by atoms with Crippen LogP contribution in [0, 0.1) is 6.92 Å². The summed E-state index contributed by atoms with van der Waals surface area (Å²) in [4.78, 5) is 40.0. The number of hydrogen-bond donors (Lipinski definition) is 1. The van der Waals surface area contributed by atoms with Crippen molar-refractivity contribution in [3.8, 4) is 0 Å². The lowest BCUT2D eigenvalue weighted by molar-refractivity contribution is 0.168. The van der Waals surface area contributed by atoms with Gasteiger partial charge in [-0.3, -0.25) is 19.2 Å². The van der Waals surface area contributed by atoms with Crippen LogP contribution < -0.4 is 16.6 Å². The number of rotatable bonds is 2. The van der Waals surface area contributed by atoms with Crippen LogP contribution >= 0.6 is 0 Å². The Balaban J connectivity index is 2.82. The quantitative estimate of drug-likeness (QED) is 0.870. The number of carbonyl (C=O) groups excluding carboxylic acids is 1. The van der Waals surface area contributed by atoms with Gasteiger partial charge in [0.05, 0.1) is 12.3 Å². The fourth-order valence-electron chi connectivity index (χ4n) is 2.05. The molecule has 2 aromatic heterocycles. The molecule has 2 rings (SSSR count). The van der Waals surface area contributed by atoms with Gasteiger partial charge in [-0.15, -0.1) is 0 Å². The molecule has 8 nitrogen and oxygen atoms in total.